The molecule has 0 saturated heterocycles. The number of aliphatic imine (C=N–C) groups is 1. The molecule has 3 heteroatoms. The molecule has 0 saturated carbocycles. The van der Waals surface area contributed by atoms with Gasteiger partial charge in [0.1, 0.15) is 5.75 Å². The summed E-state index contributed by atoms with van der Waals surface area (Å²) in [5.74, 6) is 0.226. The Bertz CT molecular complexity index is 603. The van der Waals surface area contributed by atoms with E-state index < -0.39 is 0 Å². The van der Waals surface area contributed by atoms with Crippen molar-refractivity contribution in [1.29, 1.82) is 0 Å². The molecule has 0 aliphatic rings. The summed E-state index contributed by atoms with van der Waals surface area (Å²) in [5, 5.41) is 0. The Morgan fingerprint density at radius 2 is 1.89 bits per heavy atom. The number of carbonyl (C=O) groups excluding carboxylic acids is 1. The molecule has 0 radical (unpaired) electrons. The van der Waals surface area contributed by atoms with Crippen LogP contribution in [-0.2, 0) is 4.79 Å². The fourth-order valence-corrected chi connectivity index (χ4v) is 1.69. The lowest BCUT2D eigenvalue weighted by molar-refractivity contribution is -0.131. The van der Waals surface area contributed by atoms with E-state index in [1.54, 1.807) is 12.1 Å². The minimum atomic E-state index is -0.320. The van der Waals surface area contributed by atoms with E-state index in [0.717, 1.165) is 16.8 Å². The van der Waals surface area contributed by atoms with Crippen LogP contribution in [0.5, 0.6) is 5.75 Å². The smallest absolute Gasteiger partial charge is 0.308 e. The molecule has 0 atom stereocenters. The molecule has 0 heterocycles. The van der Waals surface area contributed by atoms with E-state index in [0.29, 0.717) is 5.75 Å². The maximum atomic E-state index is 10.9. The molecule has 2 rings (SSSR count). The van der Waals surface area contributed by atoms with Crippen molar-refractivity contribution in [2.45, 2.75) is 13.8 Å². The second kappa shape index (κ2) is 5.96. The number of rotatable bonds is 3. The van der Waals surface area contributed by atoms with E-state index >= 15 is 0 Å². The molecule has 0 fully saturated rings. The van der Waals surface area contributed by atoms with Gasteiger partial charge < -0.3 is 4.74 Å². The van der Waals surface area contributed by atoms with Crippen LogP contribution in [0.4, 0.5) is 5.69 Å². The van der Waals surface area contributed by atoms with Crippen molar-refractivity contribution >= 4 is 17.9 Å². The van der Waals surface area contributed by atoms with E-state index in [9.17, 15) is 4.79 Å². The molecule has 2 aromatic rings. The lowest BCUT2D eigenvalue weighted by Gasteiger charge is -2.04. The van der Waals surface area contributed by atoms with Crippen LogP contribution in [-0.4, -0.2) is 12.2 Å². The van der Waals surface area contributed by atoms with Crippen molar-refractivity contribution in [1.82, 2.24) is 0 Å². The van der Waals surface area contributed by atoms with E-state index in [2.05, 4.69) is 4.99 Å². The fraction of sp³-hybridized carbons (Fsp3) is 0.125. The van der Waals surface area contributed by atoms with Gasteiger partial charge in [-0.15, -0.1) is 0 Å². The molecule has 2 aromatic carbocycles. The summed E-state index contributed by atoms with van der Waals surface area (Å²) in [6.07, 6.45) is 1.81. The summed E-state index contributed by atoms with van der Waals surface area (Å²) in [6.45, 7) is 3.32. The molecule has 0 aromatic heterocycles. The SMILES string of the molecule is CC(=O)Oc1ccc(N=Cc2ccccc2)c(C)c1. The van der Waals surface area contributed by atoms with Gasteiger partial charge in [-0.1, -0.05) is 30.3 Å². The Morgan fingerprint density at radius 3 is 2.53 bits per heavy atom. The molecule has 0 aliphatic carbocycles. The summed E-state index contributed by atoms with van der Waals surface area (Å²) in [4.78, 5) is 15.3. The zero-order chi connectivity index (χ0) is 13.7. The first-order valence-corrected chi connectivity index (χ1v) is 6.03. The average molecular weight is 253 g/mol. The molecule has 0 amide bonds. The second-order valence-electron chi connectivity index (χ2n) is 4.21. The van der Waals surface area contributed by atoms with Crippen molar-refractivity contribution in [3.05, 3.63) is 59.7 Å². The largest absolute Gasteiger partial charge is 0.427 e. The third-order valence-corrected chi connectivity index (χ3v) is 2.58. The summed E-state index contributed by atoms with van der Waals surface area (Å²) in [6, 6.07) is 15.3. The summed E-state index contributed by atoms with van der Waals surface area (Å²) in [5.41, 5.74) is 2.87. The molecule has 0 N–H and O–H groups in total. The predicted octanol–water partition coefficient (Wildman–Crippen LogP) is 3.67. The molecule has 0 bridgehead atoms. The van der Waals surface area contributed by atoms with Crippen molar-refractivity contribution in [2.75, 3.05) is 0 Å². The van der Waals surface area contributed by atoms with Gasteiger partial charge in [-0.05, 0) is 36.2 Å². The highest BCUT2D eigenvalue weighted by Crippen LogP contribution is 2.23. The Balaban J connectivity index is 2.18. The van der Waals surface area contributed by atoms with E-state index in [4.69, 9.17) is 4.74 Å². The Morgan fingerprint density at radius 1 is 1.16 bits per heavy atom. The molecule has 0 unspecified atom stereocenters. The predicted molar refractivity (Wildman–Crippen MR) is 76.2 cm³/mol. The minimum Gasteiger partial charge on any atom is -0.427 e. The van der Waals surface area contributed by atoms with Gasteiger partial charge in [-0.2, -0.15) is 0 Å². The lowest BCUT2D eigenvalue weighted by atomic mass is 10.2. The summed E-state index contributed by atoms with van der Waals surface area (Å²) in [7, 11) is 0. The highest BCUT2D eigenvalue weighted by molar-refractivity contribution is 5.82. The zero-order valence-electron chi connectivity index (χ0n) is 11.0. The number of ether oxygens (including phenoxy) is 1. The van der Waals surface area contributed by atoms with Gasteiger partial charge in [-0.25, -0.2) is 0 Å². The number of carbonyl (C=O) groups is 1. The van der Waals surface area contributed by atoms with Crippen LogP contribution in [0.1, 0.15) is 18.1 Å². The minimum absolute atomic E-state index is 0.320. The maximum Gasteiger partial charge on any atom is 0.308 e. The molecule has 0 aliphatic heterocycles. The Labute approximate surface area is 112 Å². The van der Waals surface area contributed by atoms with Crippen molar-refractivity contribution < 1.29 is 9.53 Å². The van der Waals surface area contributed by atoms with Crippen LogP contribution in [0.3, 0.4) is 0 Å². The monoisotopic (exact) mass is 253 g/mol. The number of aryl methyl sites for hydroxylation is 1. The zero-order valence-corrected chi connectivity index (χ0v) is 11.0. The van der Waals surface area contributed by atoms with Gasteiger partial charge in [0.05, 0.1) is 5.69 Å². The van der Waals surface area contributed by atoms with E-state index in [1.807, 2.05) is 49.5 Å². The standard InChI is InChI=1S/C16H15NO2/c1-12-10-15(19-13(2)18)8-9-16(12)17-11-14-6-4-3-5-7-14/h3-11H,1-2H3. The van der Waals surface area contributed by atoms with Gasteiger partial charge in [0.2, 0.25) is 0 Å². The first kappa shape index (κ1) is 13.0. The molecule has 0 spiro atoms. The van der Waals surface area contributed by atoms with E-state index in [1.165, 1.54) is 6.92 Å². The number of nitrogens with zero attached hydrogens (tertiary/aromatic N) is 1. The first-order chi connectivity index (χ1) is 9.15. The Hall–Kier alpha value is -2.42. The first-order valence-electron chi connectivity index (χ1n) is 6.03. The molecular weight excluding hydrogens is 238 g/mol. The molecule has 96 valence electrons. The van der Waals surface area contributed by atoms with Crippen molar-refractivity contribution in [2.24, 2.45) is 4.99 Å². The molecular formula is C16H15NO2. The number of hydrogen-bond acceptors (Lipinski definition) is 3. The number of hydrogen-bond donors (Lipinski definition) is 0. The van der Waals surface area contributed by atoms with Crippen LogP contribution in [0.2, 0.25) is 0 Å². The number of esters is 1. The highest BCUT2D eigenvalue weighted by Gasteiger charge is 2.01. The van der Waals surface area contributed by atoms with Crippen LogP contribution in [0.25, 0.3) is 0 Å². The van der Waals surface area contributed by atoms with Crippen LogP contribution >= 0.6 is 0 Å². The third-order valence-electron chi connectivity index (χ3n) is 2.58. The lowest BCUT2D eigenvalue weighted by Crippen LogP contribution is -2.01. The van der Waals surface area contributed by atoms with Crippen LogP contribution in [0, 0.1) is 6.92 Å². The van der Waals surface area contributed by atoms with Gasteiger partial charge >= 0.3 is 5.97 Å². The van der Waals surface area contributed by atoms with Crippen molar-refractivity contribution in [3.63, 3.8) is 0 Å². The van der Waals surface area contributed by atoms with Crippen molar-refractivity contribution in [3.8, 4) is 5.75 Å². The maximum absolute atomic E-state index is 10.9. The second-order valence-corrected chi connectivity index (χ2v) is 4.21. The van der Waals surface area contributed by atoms with Gasteiger partial charge in [0.15, 0.2) is 0 Å². The Kier molecular flexibility index (Phi) is 4.08. The molecule has 19 heavy (non-hydrogen) atoms. The van der Waals surface area contributed by atoms with Gasteiger partial charge in [-0.3, -0.25) is 9.79 Å². The topological polar surface area (TPSA) is 38.7 Å². The quantitative estimate of drug-likeness (QED) is 0.475. The third kappa shape index (κ3) is 3.78. The number of benzene rings is 2. The molecule has 3 nitrogen and oxygen atoms in total. The highest BCUT2D eigenvalue weighted by atomic mass is 16.5. The summed E-state index contributed by atoms with van der Waals surface area (Å²) >= 11 is 0. The van der Waals surface area contributed by atoms with Gasteiger partial charge in [0, 0.05) is 13.1 Å². The average Bonchev–Trinajstić information content (AvgIpc) is 2.38. The normalized spacial score (nSPS) is 10.6. The van der Waals surface area contributed by atoms with E-state index in [-0.39, 0.29) is 5.97 Å². The van der Waals surface area contributed by atoms with Crippen LogP contribution < -0.4 is 4.74 Å². The van der Waals surface area contributed by atoms with Crippen LogP contribution in [0.15, 0.2) is 53.5 Å². The summed E-state index contributed by atoms with van der Waals surface area (Å²) < 4.78 is 5.02. The van der Waals surface area contributed by atoms with Gasteiger partial charge in [0.25, 0.3) is 0 Å². The fourth-order valence-electron chi connectivity index (χ4n) is 1.69.